The number of hydrogen-bond donors (Lipinski definition) is 2. The molecule has 2 heterocycles. The summed E-state index contributed by atoms with van der Waals surface area (Å²) < 4.78 is 0. The maximum absolute atomic E-state index is 13.5. The van der Waals surface area contributed by atoms with E-state index in [4.69, 9.17) is 0 Å². The predicted octanol–water partition coefficient (Wildman–Crippen LogP) is 4.79. The number of nitrogens with one attached hydrogen (secondary N) is 1. The average molecular weight is 489 g/mol. The SMILES string of the molecule is CC[C@@H]([CH]C1=C(Nc2cccc(C(=O)N(C)C)c2O)C(=O)N(c2ccccc2)C1=O)c1cccs1. The van der Waals surface area contributed by atoms with Crippen molar-refractivity contribution in [1.82, 2.24) is 4.90 Å². The van der Waals surface area contributed by atoms with Crippen molar-refractivity contribution in [3.05, 3.63) is 94.2 Å². The van der Waals surface area contributed by atoms with Crippen LogP contribution in [0.25, 0.3) is 0 Å². The maximum Gasteiger partial charge on any atom is 0.282 e. The summed E-state index contributed by atoms with van der Waals surface area (Å²) in [6, 6.07) is 17.3. The Morgan fingerprint density at radius 3 is 2.43 bits per heavy atom. The second-order valence-corrected chi connectivity index (χ2v) is 9.27. The van der Waals surface area contributed by atoms with Gasteiger partial charge in [-0.15, -0.1) is 11.3 Å². The average Bonchev–Trinajstić information content (AvgIpc) is 3.46. The minimum absolute atomic E-state index is 0.0543. The molecule has 0 saturated heterocycles. The van der Waals surface area contributed by atoms with Gasteiger partial charge in [0.1, 0.15) is 5.70 Å². The van der Waals surface area contributed by atoms with Gasteiger partial charge in [0.25, 0.3) is 17.7 Å². The van der Waals surface area contributed by atoms with Crippen LogP contribution in [0.1, 0.15) is 34.5 Å². The summed E-state index contributed by atoms with van der Waals surface area (Å²) >= 11 is 1.59. The molecule has 1 aromatic heterocycles. The number of amides is 3. The third-order valence-electron chi connectivity index (χ3n) is 5.78. The van der Waals surface area contributed by atoms with Gasteiger partial charge in [0.2, 0.25) is 0 Å². The zero-order valence-corrected chi connectivity index (χ0v) is 20.5. The van der Waals surface area contributed by atoms with Crippen LogP contribution in [0.5, 0.6) is 5.75 Å². The molecule has 0 unspecified atom stereocenters. The standard InChI is InChI=1S/C27H26N3O4S/c1-4-17(22-14-9-15-35-22)16-20-23(27(34)30(26(20)33)18-10-6-5-7-11-18)28-21-13-8-12-19(24(21)31)25(32)29(2)3/h5-17,28,31H,4H2,1-3H3/t17-/m0/s1. The number of rotatable bonds is 8. The third kappa shape index (κ3) is 4.70. The van der Waals surface area contributed by atoms with Gasteiger partial charge in [0.15, 0.2) is 5.75 Å². The number of carbonyl (C=O) groups is 3. The fourth-order valence-corrected chi connectivity index (χ4v) is 4.81. The first-order valence-electron chi connectivity index (χ1n) is 11.2. The number of phenols is 1. The van der Waals surface area contributed by atoms with Crippen molar-refractivity contribution in [2.75, 3.05) is 24.3 Å². The van der Waals surface area contributed by atoms with Crippen molar-refractivity contribution in [2.24, 2.45) is 0 Å². The lowest BCUT2D eigenvalue weighted by atomic mass is 9.94. The van der Waals surface area contributed by atoms with Crippen molar-refractivity contribution in [1.29, 1.82) is 0 Å². The molecule has 0 saturated carbocycles. The number of benzene rings is 2. The van der Waals surface area contributed by atoms with Crippen LogP contribution in [0.15, 0.2) is 77.3 Å². The van der Waals surface area contributed by atoms with Crippen molar-refractivity contribution in [2.45, 2.75) is 19.3 Å². The smallest absolute Gasteiger partial charge is 0.282 e. The summed E-state index contributed by atoms with van der Waals surface area (Å²) in [5.74, 6) is -1.71. The minimum atomic E-state index is -0.530. The molecular weight excluding hydrogens is 462 g/mol. The Morgan fingerprint density at radius 1 is 1.06 bits per heavy atom. The molecule has 0 spiro atoms. The zero-order valence-electron chi connectivity index (χ0n) is 19.7. The van der Waals surface area contributed by atoms with Crippen LogP contribution < -0.4 is 10.2 Å². The molecule has 8 heteroatoms. The fraction of sp³-hybridized carbons (Fsp3) is 0.185. The first-order valence-corrected chi connectivity index (χ1v) is 12.1. The Morgan fingerprint density at radius 2 is 1.80 bits per heavy atom. The Bertz CT molecular complexity index is 1280. The highest BCUT2D eigenvalue weighted by atomic mass is 32.1. The quantitative estimate of drug-likeness (QED) is 0.351. The van der Waals surface area contributed by atoms with Crippen LogP contribution in [-0.4, -0.2) is 41.8 Å². The monoisotopic (exact) mass is 488 g/mol. The highest BCUT2D eigenvalue weighted by Gasteiger charge is 2.40. The van der Waals surface area contributed by atoms with Crippen molar-refractivity contribution in [3.63, 3.8) is 0 Å². The lowest BCUT2D eigenvalue weighted by Gasteiger charge is -2.16. The number of aromatic hydroxyl groups is 1. The molecule has 0 aliphatic carbocycles. The fourth-order valence-electron chi connectivity index (χ4n) is 3.93. The summed E-state index contributed by atoms with van der Waals surface area (Å²) in [4.78, 5) is 43.1. The van der Waals surface area contributed by atoms with Crippen LogP contribution in [0.3, 0.4) is 0 Å². The van der Waals surface area contributed by atoms with Gasteiger partial charge in [-0.1, -0.05) is 37.3 Å². The van der Waals surface area contributed by atoms with E-state index in [1.54, 1.807) is 61.8 Å². The van der Waals surface area contributed by atoms with Crippen molar-refractivity contribution in [3.8, 4) is 5.75 Å². The minimum Gasteiger partial charge on any atom is -0.505 e. The molecule has 2 aromatic carbocycles. The van der Waals surface area contributed by atoms with Gasteiger partial charge < -0.3 is 15.3 Å². The topological polar surface area (TPSA) is 90.0 Å². The molecule has 3 amide bonds. The molecule has 35 heavy (non-hydrogen) atoms. The Hall–Kier alpha value is -3.91. The van der Waals surface area contributed by atoms with E-state index in [2.05, 4.69) is 5.32 Å². The van der Waals surface area contributed by atoms with E-state index in [1.165, 1.54) is 11.0 Å². The highest BCUT2D eigenvalue weighted by molar-refractivity contribution is 7.10. The predicted molar refractivity (Wildman–Crippen MR) is 137 cm³/mol. The third-order valence-corrected chi connectivity index (χ3v) is 6.79. The summed E-state index contributed by atoms with van der Waals surface area (Å²) in [5.41, 5.74) is 0.989. The second-order valence-electron chi connectivity index (χ2n) is 8.29. The molecule has 1 aliphatic heterocycles. The number of thiophene rings is 1. The summed E-state index contributed by atoms with van der Waals surface area (Å²) in [7, 11) is 3.17. The van der Waals surface area contributed by atoms with E-state index >= 15 is 0 Å². The van der Waals surface area contributed by atoms with E-state index in [-0.39, 0.29) is 40.1 Å². The van der Waals surface area contributed by atoms with Crippen LogP contribution in [0.2, 0.25) is 0 Å². The Balaban J connectivity index is 1.77. The van der Waals surface area contributed by atoms with Gasteiger partial charge in [-0.3, -0.25) is 14.4 Å². The molecule has 4 rings (SSSR count). The van der Waals surface area contributed by atoms with E-state index < -0.39 is 11.8 Å². The van der Waals surface area contributed by atoms with Gasteiger partial charge in [0.05, 0.1) is 22.5 Å². The van der Waals surface area contributed by atoms with Crippen molar-refractivity contribution >= 4 is 40.4 Å². The number of hydrogen-bond acceptors (Lipinski definition) is 6. The number of nitrogens with zero attached hydrogens (tertiary/aromatic N) is 2. The maximum atomic E-state index is 13.5. The van der Waals surface area contributed by atoms with Crippen LogP contribution in [0, 0.1) is 6.42 Å². The van der Waals surface area contributed by atoms with Gasteiger partial charge in [-0.25, -0.2) is 4.90 Å². The van der Waals surface area contributed by atoms with Crippen LogP contribution in [0.4, 0.5) is 11.4 Å². The largest absolute Gasteiger partial charge is 0.505 e. The molecule has 179 valence electrons. The second kappa shape index (κ2) is 10.1. The molecule has 3 aromatic rings. The molecule has 2 N–H and O–H groups in total. The van der Waals surface area contributed by atoms with E-state index in [0.717, 1.165) is 16.2 Å². The molecule has 1 aliphatic rings. The van der Waals surface area contributed by atoms with Gasteiger partial charge in [0, 0.05) is 31.3 Å². The number of carbonyl (C=O) groups excluding carboxylic acids is 3. The van der Waals surface area contributed by atoms with E-state index in [1.807, 2.05) is 36.9 Å². The van der Waals surface area contributed by atoms with Crippen LogP contribution >= 0.6 is 11.3 Å². The van der Waals surface area contributed by atoms with Gasteiger partial charge in [-0.05, 0) is 42.1 Å². The number of anilines is 2. The van der Waals surface area contributed by atoms with E-state index in [0.29, 0.717) is 5.69 Å². The molecule has 7 nitrogen and oxygen atoms in total. The molecule has 1 atom stereocenters. The zero-order chi connectivity index (χ0) is 25.1. The number of phenolic OH excluding ortho intramolecular Hbond substituents is 1. The van der Waals surface area contributed by atoms with Gasteiger partial charge >= 0.3 is 0 Å². The number of para-hydroxylation sites is 2. The Labute approximate surface area is 208 Å². The summed E-state index contributed by atoms with van der Waals surface area (Å²) in [6.45, 7) is 2.02. The first-order chi connectivity index (χ1) is 16.8. The van der Waals surface area contributed by atoms with Gasteiger partial charge in [-0.2, -0.15) is 0 Å². The van der Waals surface area contributed by atoms with E-state index in [9.17, 15) is 19.5 Å². The lowest BCUT2D eigenvalue weighted by molar-refractivity contribution is -0.120. The molecule has 0 bridgehead atoms. The highest BCUT2D eigenvalue weighted by Crippen LogP contribution is 2.37. The summed E-state index contributed by atoms with van der Waals surface area (Å²) in [5, 5.41) is 15.8. The molecule has 0 fully saturated rings. The van der Waals surface area contributed by atoms with Crippen LogP contribution in [-0.2, 0) is 9.59 Å². The Kier molecular flexibility index (Phi) is 7.02. The normalized spacial score (nSPS) is 14.4. The molecule has 1 radical (unpaired) electrons. The summed E-state index contributed by atoms with van der Waals surface area (Å²) in [6.07, 6.45) is 2.55. The van der Waals surface area contributed by atoms with Crippen molar-refractivity contribution < 1.29 is 19.5 Å². The lowest BCUT2D eigenvalue weighted by Crippen LogP contribution is -2.32. The number of imide groups is 1. The first kappa shape index (κ1) is 24.2. The molecular formula is C27H26N3O4S.